The smallest absolute Gasteiger partial charge is 0.101 e. The van der Waals surface area contributed by atoms with Gasteiger partial charge in [-0.15, -0.1) is 0 Å². The minimum Gasteiger partial charge on any atom is -1.00 e. The maximum Gasteiger partial charge on any atom is 0.101 e. The van der Waals surface area contributed by atoms with E-state index < -0.39 is 6.10 Å². The first kappa shape index (κ1) is 20.0. The summed E-state index contributed by atoms with van der Waals surface area (Å²) in [5.74, 6) is 0. The fourth-order valence-electron chi connectivity index (χ4n) is 0.358. The molecule has 90 valence electrons. The Morgan fingerprint density at radius 3 is 1.36 bits per heavy atom. The highest BCUT2D eigenvalue weighted by Crippen LogP contribution is 1.84. The second-order valence-corrected chi connectivity index (χ2v) is 3.76. The largest absolute Gasteiger partial charge is 1.00 e. The van der Waals surface area contributed by atoms with Gasteiger partial charge >= 0.3 is 0 Å². The van der Waals surface area contributed by atoms with Crippen molar-refractivity contribution in [2.75, 3.05) is 47.5 Å². The fraction of sp³-hybridized carbons (Fsp3) is 1.00. The number of quaternary nitrogens is 1. The maximum absolute atomic E-state index is 8.39. The highest BCUT2D eigenvalue weighted by molar-refractivity contribution is 4.44. The second kappa shape index (κ2) is 11.6. The molecule has 0 unspecified atom stereocenters. The van der Waals surface area contributed by atoms with Crippen molar-refractivity contribution in [1.82, 2.24) is 0 Å². The first-order chi connectivity index (χ1) is 5.87. The highest BCUT2D eigenvalue weighted by Gasteiger charge is 2.02. The number of halogens is 1. The zero-order valence-corrected chi connectivity index (χ0v) is 11.2. The molecule has 0 radical (unpaired) electrons. The molecule has 0 spiro atoms. The van der Waals surface area contributed by atoms with Gasteiger partial charge in [-0.3, -0.25) is 0 Å². The molecule has 0 saturated heterocycles. The summed E-state index contributed by atoms with van der Waals surface area (Å²) in [7, 11) is 6.16. The molecule has 0 aromatic carbocycles. The molecule has 0 amide bonds. The van der Waals surface area contributed by atoms with Crippen LogP contribution in [0.15, 0.2) is 0 Å². The van der Waals surface area contributed by atoms with Gasteiger partial charge in [-0.05, 0) is 0 Å². The molecule has 0 aromatic rings. The summed E-state index contributed by atoms with van der Waals surface area (Å²) in [5.41, 5.74) is 0. The molecule has 14 heavy (non-hydrogen) atoms. The predicted octanol–water partition coefficient (Wildman–Crippen LogP) is -4.98. The van der Waals surface area contributed by atoms with Crippen molar-refractivity contribution in [3.8, 4) is 0 Å². The van der Waals surface area contributed by atoms with Crippen molar-refractivity contribution in [2.45, 2.75) is 6.10 Å². The number of aliphatic hydroxyl groups is 4. The number of likely N-dealkylation sites (N-methyl/N-ethyl adjacent to an activating group) is 1. The molecule has 6 heteroatoms. The molecule has 0 fully saturated rings. The van der Waals surface area contributed by atoms with Crippen LogP contribution in [0, 0.1) is 0 Å². The van der Waals surface area contributed by atoms with Crippen LogP contribution in [0.3, 0.4) is 0 Å². The Bertz CT molecular complexity index is 104. The Balaban J connectivity index is -0.000000163. The Morgan fingerprint density at radius 2 is 1.36 bits per heavy atom. The van der Waals surface area contributed by atoms with Crippen LogP contribution in [0.4, 0.5) is 0 Å². The first-order valence-corrected chi connectivity index (χ1v) is 4.18. The zero-order chi connectivity index (χ0) is 10.9. The van der Waals surface area contributed by atoms with Gasteiger partial charge in [0.25, 0.3) is 0 Å². The fourth-order valence-corrected chi connectivity index (χ4v) is 0.358. The van der Waals surface area contributed by atoms with E-state index in [1.807, 2.05) is 0 Å². The van der Waals surface area contributed by atoms with E-state index in [4.69, 9.17) is 20.4 Å². The molecule has 0 aliphatic rings. The van der Waals surface area contributed by atoms with Crippen molar-refractivity contribution in [1.29, 1.82) is 0 Å². The highest BCUT2D eigenvalue weighted by atomic mass is 127. The topological polar surface area (TPSA) is 80.9 Å². The summed E-state index contributed by atoms with van der Waals surface area (Å²) in [5, 5.41) is 32.4. The molecule has 0 aromatic heterocycles. The average molecular weight is 323 g/mol. The van der Waals surface area contributed by atoms with Gasteiger partial charge in [0, 0.05) is 0 Å². The Hall–Kier alpha value is 0.530. The molecule has 0 aliphatic heterocycles. The summed E-state index contributed by atoms with van der Waals surface area (Å²) in [6.07, 6.45) is -0.954. The van der Waals surface area contributed by atoms with Gasteiger partial charge in [-0.25, -0.2) is 0 Å². The van der Waals surface area contributed by atoms with Crippen LogP contribution in [0.1, 0.15) is 0 Å². The normalized spacial score (nSPS) is 10.3. The Kier molecular flexibility index (Phi) is 16.6. The standard InChI is InChI=1S/C5H14NO.C3H8O3.HI/c1-6(2,3)4-5-7;4-1-3(6)2-5;/h7H,4-5H2,1-3H3;3-6H,1-2H2;1H/q+1;;/p-1. The van der Waals surface area contributed by atoms with Crippen LogP contribution >= 0.6 is 0 Å². The lowest BCUT2D eigenvalue weighted by Gasteiger charge is -2.21. The van der Waals surface area contributed by atoms with Gasteiger partial charge in [-0.2, -0.15) is 0 Å². The molecule has 0 atom stereocenters. The number of hydrogen-bond donors (Lipinski definition) is 4. The van der Waals surface area contributed by atoms with E-state index in [1.54, 1.807) is 0 Å². The lowest BCUT2D eigenvalue weighted by atomic mass is 10.4. The summed E-state index contributed by atoms with van der Waals surface area (Å²) >= 11 is 0. The van der Waals surface area contributed by atoms with Crippen molar-refractivity contribution >= 4 is 0 Å². The van der Waals surface area contributed by atoms with Crippen LogP contribution in [-0.2, 0) is 0 Å². The summed E-state index contributed by atoms with van der Waals surface area (Å²) in [6.45, 7) is 0.385. The number of hydrogen-bond acceptors (Lipinski definition) is 4. The monoisotopic (exact) mass is 323 g/mol. The third kappa shape index (κ3) is 22.9. The number of aliphatic hydroxyl groups excluding tert-OH is 4. The van der Waals surface area contributed by atoms with Crippen LogP contribution < -0.4 is 24.0 Å². The van der Waals surface area contributed by atoms with E-state index in [0.29, 0.717) is 0 Å². The van der Waals surface area contributed by atoms with E-state index >= 15 is 0 Å². The second-order valence-electron chi connectivity index (χ2n) is 3.76. The lowest BCUT2D eigenvalue weighted by Crippen LogP contribution is -3.00. The van der Waals surface area contributed by atoms with E-state index in [1.165, 1.54) is 0 Å². The van der Waals surface area contributed by atoms with E-state index in [2.05, 4.69) is 21.1 Å². The SMILES string of the molecule is C[N+](C)(C)CCO.OCC(O)CO.[I-]. The average Bonchev–Trinajstić information content (AvgIpc) is 2.02. The molecule has 5 nitrogen and oxygen atoms in total. The van der Waals surface area contributed by atoms with E-state index in [-0.39, 0.29) is 43.8 Å². The molecular weight excluding hydrogens is 301 g/mol. The van der Waals surface area contributed by atoms with Gasteiger partial charge in [0.15, 0.2) is 0 Å². The maximum atomic E-state index is 8.39. The number of nitrogens with zero attached hydrogens (tertiary/aromatic N) is 1. The van der Waals surface area contributed by atoms with Crippen LogP contribution in [-0.4, -0.2) is 78.5 Å². The first-order valence-electron chi connectivity index (χ1n) is 4.18. The van der Waals surface area contributed by atoms with Crippen molar-refractivity contribution in [3.05, 3.63) is 0 Å². The molecule has 0 bridgehead atoms. The van der Waals surface area contributed by atoms with E-state index in [0.717, 1.165) is 11.0 Å². The third-order valence-corrected chi connectivity index (χ3v) is 1.19. The van der Waals surface area contributed by atoms with Gasteiger partial charge < -0.3 is 48.9 Å². The summed E-state index contributed by atoms with van der Waals surface area (Å²) in [6, 6.07) is 0. The summed E-state index contributed by atoms with van der Waals surface area (Å²) < 4.78 is 0.844. The van der Waals surface area contributed by atoms with Gasteiger partial charge in [0.2, 0.25) is 0 Å². The minimum atomic E-state index is -0.954. The van der Waals surface area contributed by atoms with Crippen molar-refractivity contribution in [2.24, 2.45) is 0 Å². The number of rotatable bonds is 4. The van der Waals surface area contributed by atoms with Crippen LogP contribution in [0.2, 0.25) is 0 Å². The third-order valence-electron chi connectivity index (χ3n) is 1.19. The van der Waals surface area contributed by atoms with Crippen LogP contribution in [0.25, 0.3) is 0 Å². The molecule has 0 aliphatic carbocycles. The van der Waals surface area contributed by atoms with E-state index in [9.17, 15) is 0 Å². The van der Waals surface area contributed by atoms with Gasteiger partial charge in [0.05, 0.1) is 41.0 Å². The molecular formula is C8H22INO4. The Labute approximate surface area is 103 Å². The van der Waals surface area contributed by atoms with Crippen molar-refractivity contribution in [3.63, 3.8) is 0 Å². The predicted molar refractivity (Wildman–Crippen MR) is 50.2 cm³/mol. The molecule has 0 rings (SSSR count). The van der Waals surface area contributed by atoms with Gasteiger partial charge in [0.1, 0.15) is 12.6 Å². The molecule has 4 N–H and O–H groups in total. The zero-order valence-electron chi connectivity index (χ0n) is 9.02. The molecule has 0 saturated carbocycles. The minimum absolute atomic E-state index is 0. The Morgan fingerprint density at radius 1 is 1.00 bits per heavy atom. The quantitative estimate of drug-likeness (QED) is 0.309. The van der Waals surface area contributed by atoms with Crippen molar-refractivity contribution < 1.29 is 48.9 Å². The summed E-state index contributed by atoms with van der Waals surface area (Å²) in [4.78, 5) is 0. The van der Waals surface area contributed by atoms with Crippen LogP contribution in [0.5, 0.6) is 0 Å². The molecule has 0 heterocycles. The lowest BCUT2D eigenvalue weighted by molar-refractivity contribution is -0.870. The van der Waals surface area contributed by atoms with Gasteiger partial charge in [-0.1, -0.05) is 0 Å².